The first-order chi connectivity index (χ1) is 13.1. The van der Waals surface area contributed by atoms with E-state index in [0.29, 0.717) is 11.8 Å². The van der Waals surface area contributed by atoms with Gasteiger partial charge in [-0.2, -0.15) is 5.10 Å². The van der Waals surface area contributed by atoms with Gasteiger partial charge in [-0.1, -0.05) is 42.1 Å². The smallest absolute Gasteiger partial charge is 0.305 e. The van der Waals surface area contributed by atoms with E-state index < -0.39 is 11.2 Å². The fourth-order valence-corrected chi connectivity index (χ4v) is 3.20. The number of aliphatic carboxylic acids is 1. The summed E-state index contributed by atoms with van der Waals surface area (Å²) in [6.45, 7) is 0.496. The molecule has 3 rings (SSSR count). The van der Waals surface area contributed by atoms with E-state index in [1.54, 1.807) is 6.21 Å². The summed E-state index contributed by atoms with van der Waals surface area (Å²) < 4.78 is 5.72. The average Bonchev–Trinajstić information content (AvgIpc) is 3.00. The first-order valence-electron chi connectivity index (χ1n) is 8.17. The predicted molar refractivity (Wildman–Crippen MR) is 104 cm³/mol. The molecule has 0 bridgehead atoms. The van der Waals surface area contributed by atoms with Gasteiger partial charge < -0.3 is 15.2 Å². The third-order valence-electron chi connectivity index (χ3n) is 3.62. The fraction of sp³-hybridized carbons (Fsp3) is 0.158. The maximum atomic E-state index is 11.6. The van der Waals surface area contributed by atoms with E-state index in [1.165, 1.54) is 0 Å². The van der Waals surface area contributed by atoms with Gasteiger partial charge >= 0.3 is 5.97 Å². The minimum Gasteiger partial charge on any atom is -0.489 e. The van der Waals surface area contributed by atoms with Gasteiger partial charge in [-0.05, 0) is 35.4 Å². The first-order valence-corrected chi connectivity index (χ1v) is 9.05. The van der Waals surface area contributed by atoms with Crippen LogP contribution >= 0.6 is 11.8 Å². The molecule has 0 aromatic heterocycles. The zero-order chi connectivity index (χ0) is 19.1. The van der Waals surface area contributed by atoms with Crippen molar-refractivity contribution in [3.05, 3.63) is 65.7 Å². The molecule has 2 N–H and O–H groups in total. The van der Waals surface area contributed by atoms with Crippen molar-refractivity contribution in [3.63, 3.8) is 0 Å². The number of amidine groups is 1. The first kappa shape index (κ1) is 18.7. The Morgan fingerprint density at radius 3 is 2.63 bits per heavy atom. The average molecular weight is 383 g/mol. The van der Waals surface area contributed by atoms with E-state index in [9.17, 15) is 9.59 Å². The molecular weight excluding hydrogens is 366 g/mol. The standard InChI is InChI=1S/C19H17N3O4S/c23-17(24)10-16-18(25)21-19(27-16)22-20-11-13-6-8-15(9-7-13)26-12-14-4-2-1-3-5-14/h1-9,11,16H,10,12H2,(H,23,24)(H,21,22,25). The van der Waals surface area contributed by atoms with Crippen molar-refractivity contribution in [2.75, 3.05) is 0 Å². The molecule has 27 heavy (non-hydrogen) atoms. The lowest BCUT2D eigenvalue weighted by Crippen LogP contribution is -2.26. The van der Waals surface area contributed by atoms with E-state index in [4.69, 9.17) is 9.84 Å². The van der Waals surface area contributed by atoms with E-state index >= 15 is 0 Å². The Kier molecular flexibility index (Phi) is 6.22. The number of amides is 1. The molecular formula is C19H17N3O4S. The second-order valence-electron chi connectivity index (χ2n) is 5.69. The van der Waals surface area contributed by atoms with Crippen LogP contribution in [0.15, 0.2) is 64.8 Å². The van der Waals surface area contributed by atoms with Gasteiger partial charge in [0.2, 0.25) is 5.91 Å². The third-order valence-corrected chi connectivity index (χ3v) is 4.69. The molecule has 0 radical (unpaired) electrons. The van der Waals surface area contributed by atoms with Gasteiger partial charge in [0.25, 0.3) is 0 Å². The van der Waals surface area contributed by atoms with Crippen molar-refractivity contribution < 1.29 is 19.4 Å². The van der Waals surface area contributed by atoms with Crippen LogP contribution in [0.4, 0.5) is 0 Å². The lowest BCUT2D eigenvalue weighted by atomic mass is 10.2. The van der Waals surface area contributed by atoms with Crippen molar-refractivity contribution in [1.82, 2.24) is 5.32 Å². The van der Waals surface area contributed by atoms with Crippen LogP contribution < -0.4 is 10.1 Å². The highest BCUT2D eigenvalue weighted by Gasteiger charge is 2.32. The second-order valence-corrected chi connectivity index (χ2v) is 6.88. The fourth-order valence-electron chi connectivity index (χ4n) is 2.28. The van der Waals surface area contributed by atoms with Crippen LogP contribution in [0, 0.1) is 0 Å². The minimum atomic E-state index is -1.03. The summed E-state index contributed by atoms with van der Waals surface area (Å²) in [5, 5.41) is 18.7. The Bertz CT molecular complexity index is 866. The number of rotatable bonds is 7. The maximum absolute atomic E-state index is 11.6. The molecule has 2 aromatic carbocycles. The summed E-state index contributed by atoms with van der Waals surface area (Å²) >= 11 is 1.06. The summed E-state index contributed by atoms with van der Waals surface area (Å²) in [7, 11) is 0. The minimum absolute atomic E-state index is 0.246. The van der Waals surface area contributed by atoms with Gasteiger partial charge in [0.1, 0.15) is 17.6 Å². The quantitative estimate of drug-likeness (QED) is 0.566. The van der Waals surface area contributed by atoms with Crippen LogP contribution in [0.1, 0.15) is 17.5 Å². The molecule has 0 saturated carbocycles. The van der Waals surface area contributed by atoms with Crippen LogP contribution in [-0.2, 0) is 16.2 Å². The largest absolute Gasteiger partial charge is 0.489 e. The Morgan fingerprint density at radius 1 is 1.19 bits per heavy atom. The summed E-state index contributed by atoms with van der Waals surface area (Å²) in [4.78, 5) is 22.3. The van der Waals surface area contributed by atoms with Crippen molar-refractivity contribution in [2.24, 2.45) is 10.2 Å². The maximum Gasteiger partial charge on any atom is 0.305 e. The van der Waals surface area contributed by atoms with E-state index in [-0.39, 0.29) is 12.3 Å². The molecule has 1 unspecified atom stereocenters. The zero-order valence-corrected chi connectivity index (χ0v) is 15.1. The molecule has 1 atom stereocenters. The summed E-state index contributed by atoms with van der Waals surface area (Å²) in [5.41, 5.74) is 1.92. The molecule has 1 fully saturated rings. The van der Waals surface area contributed by atoms with Crippen LogP contribution in [0.5, 0.6) is 5.75 Å². The number of carboxylic acid groups (broad SMARTS) is 1. The van der Waals surface area contributed by atoms with Crippen molar-refractivity contribution in [1.29, 1.82) is 0 Å². The van der Waals surface area contributed by atoms with Crippen LogP contribution in [0.2, 0.25) is 0 Å². The third kappa shape index (κ3) is 5.68. The normalized spacial score (nSPS) is 18.0. The van der Waals surface area contributed by atoms with Gasteiger partial charge in [-0.15, -0.1) is 5.10 Å². The monoisotopic (exact) mass is 383 g/mol. The molecule has 0 spiro atoms. The molecule has 0 aliphatic carbocycles. The van der Waals surface area contributed by atoms with E-state index in [0.717, 1.165) is 28.6 Å². The van der Waals surface area contributed by atoms with Crippen molar-refractivity contribution in [2.45, 2.75) is 18.3 Å². The highest BCUT2D eigenvalue weighted by Crippen LogP contribution is 2.22. The molecule has 1 saturated heterocycles. The predicted octanol–water partition coefficient (Wildman–Crippen LogP) is 2.66. The van der Waals surface area contributed by atoms with Crippen LogP contribution in [0.25, 0.3) is 0 Å². The molecule has 7 nitrogen and oxygen atoms in total. The SMILES string of the molecule is O=C(O)CC1SC(=NN=Cc2ccc(OCc3ccccc3)cc2)NC1=O. The van der Waals surface area contributed by atoms with Gasteiger partial charge in [-0.3, -0.25) is 9.59 Å². The molecule has 1 amide bonds. The Balaban J connectivity index is 1.52. The van der Waals surface area contributed by atoms with Crippen molar-refractivity contribution >= 4 is 35.0 Å². The molecule has 1 heterocycles. The Labute approximate surface area is 160 Å². The van der Waals surface area contributed by atoms with Crippen LogP contribution in [0.3, 0.4) is 0 Å². The number of nitrogens with zero attached hydrogens (tertiary/aromatic N) is 2. The lowest BCUT2D eigenvalue weighted by molar-refractivity contribution is -0.138. The molecule has 2 aromatic rings. The number of carboxylic acids is 1. The molecule has 1 aliphatic rings. The highest BCUT2D eigenvalue weighted by atomic mass is 32.2. The topological polar surface area (TPSA) is 100 Å². The molecule has 138 valence electrons. The number of hydrogen-bond donors (Lipinski definition) is 2. The van der Waals surface area contributed by atoms with Gasteiger partial charge in [0.05, 0.1) is 12.6 Å². The number of hydrogen-bond acceptors (Lipinski definition) is 6. The van der Waals surface area contributed by atoms with E-state index in [2.05, 4.69) is 15.5 Å². The lowest BCUT2D eigenvalue weighted by Gasteiger charge is -2.06. The number of benzene rings is 2. The van der Waals surface area contributed by atoms with E-state index in [1.807, 2.05) is 54.6 Å². The van der Waals surface area contributed by atoms with Gasteiger partial charge in [0, 0.05) is 0 Å². The number of carbonyl (C=O) groups excluding carboxylic acids is 1. The second kappa shape index (κ2) is 9.00. The van der Waals surface area contributed by atoms with Crippen molar-refractivity contribution in [3.8, 4) is 5.75 Å². The molecule has 8 heteroatoms. The highest BCUT2D eigenvalue weighted by molar-refractivity contribution is 8.15. The number of carbonyl (C=O) groups is 2. The number of nitrogens with one attached hydrogen (secondary N) is 1. The van der Waals surface area contributed by atoms with Gasteiger partial charge in [-0.25, -0.2) is 0 Å². The zero-order valence-electron chi connectivity index (χ0n) is 14.2. The Hall–Kier alpha value is -3.13. The number of ether oxygens (including phenoxy) is 1. The summed E-state index contributed by atoms with van der Waals surface area (Å²) in [6, 6.07) is 17.3. The van der Waals surface area contributed by atoms with Crippen LogP contribution in [-0.4, -0.2) is 33.6 Å². The summed E-state index contributed by atoms with van der Waals surface area (Å²) in [6.07, 6.45) is 1.30. The number of thioether (sulfide) groups is 1. The Morgan fingerprint density at radius 2 is 1.93 bits per heavy atom. The molecule has 1 aliphatic heterocycles. The van der Waals surface area contributed by atoms with Gasteiger partial charge in [0.15, 0.2) is 5.17 Å². The summed E-state index contributed by atoms with van der Waals surface area (Å²) in [5.74, 6) is -0.643.